The Morgan fingerprint density at radius 2 is 2.09 bits per heavy atom. The van der Waals surface area contributed by atoms with Crippen molar-refractivity contribution >= 4 is 23.0 Å². The van der Waals surface area contributed by atoms with Gasteiger partial charge in [-0.1, -0.05) is 18.2 Å². The second-order valence-corrected chi connectivity index (χ2v) is 6.24. The van der Waals surface area contributed by atoms with E-state index in [4.69, 9.17) is 5.73 Å². The van der Waals surface area contributed by atoms with Gasteiger partial charge >= 0.3 is 0 Å². The molecule has 0 atom stereocenters. The average molecular weight is 309 g/mol. The lowest BCUT2D eigenvalue weighted by molar-refractivity contribution is -0.115. The Balaban J connectivity index is 1.74. The molecule has 3 rings (SSSR count). The van der Waals surface area contributed by atoms with Crippen LogP contribution in [0.4, 0.5) is 17.1 Å². The smallest absolute Gasteiger partial charge is 0.243 e. The van der Waals surface area contributed by atoms with Gasteiger partial charge in [0, 0.05) is 23.6 Å². The Bertz CT molecular complexity index is 739. The van der Waals surface area contributed by atoms with Crippen molar-refractivity contribution in [1.29, 1.82) is 0 Å². The van der Waals surface area contributed by atoms with Gasteiger partial charge < -0.3 is 16.0 Å². The normalized spacial score (nSPS) is 13.6. The summed E-state index contributed by atoms with van der Waals surface area (Å²) in [4.78, 5) is 14.6. The van der Waals surface area contributed by atoms with Gasteiger partial charge in [-0.15, -0.1) is 0 Å². The van der Waals surface area contributed by atoms with Gasteiger partial charge in [-0.05, 0) is 61.6 Å². The van der Waals surface area contributed by atoms with Crippen LogP contribution in [0, 0.1) is 13.8 Å². The van der Waals surface area contributed by atoms with Gasteiger partial charge in [0.25, 0.3) is 0 Å². The number of nitrogen functional groups attached to an aromatic ring is 1. The Kier molecular flexibility index (Phi) is 4.24. The van der Waals surface area contributed by atoms with Gasteiger partial charge in [0.1, 0.15) is 0 Å². The van der Waals surface area contributed by atoms with E-state index in [0.717, 1.165) is 47.6 Å². The molecule has 0 saturated carbocycles. The summed E-state index contributed by atoms with van der Waals surface area (Å²) in [6.07, 6.45) is 2.01. The molecule has 0 saturated heterocycles. The number of carbonyl (C=O) groups is 1. The Morgan fingerprint density at radius 3 is 2.91 bits per heavy atom. The predicted octanol–water partition coefficient (Wildman–Crippen LogP) is 3.28. The molecule has 0 spiro atoms. The summed E-state index contributed by atoms with van der Waals surface area (Å²) in [6, 6.07) is 12.0. The predicted molar refractivity (Wildman–Crippen MR) is 95.9 cm³/mol. The summed E-state index contributed by atoms with van der Waals surface area (Å²) >= 11 is 0. The number of anilines is 3. The van der Waals surface area contributed by atoms with Crippen molar-refractivity contribution in [1.82, 2.24) is 0 Å². The number of amides is 1. The topological polar surface area (TPSA) is 58.4 Å². The number of benzene rings is 2. The summed E-state index contributed by atoms with van der Waals surface area (Å²) in [5, 5.41) is 3.03. The minimum Gasteiger partial charge on any atom is -0.398 e. The lowest BCUT2D eigenvalue weighted by Crippen LogP contribution is -2.37. The second-order valence-electron chi connectivity index (χ2n) is 6.24. The molecule has 0 aliphatic carbocycles. The van der Waals surface area contributed by atoms with E-state index in [1.54, 1.807) is 0 Å². The number of aryl methyl sites for hydroxylation is 2. The minimum absolute atomic E-state index is 0.00831. The molecule has 2 aromatic rings. The number of hydrogen-bond donors (Lipinski definition) is 2. The van der Waals surface area contributed by atoms with Crippen molar-refractivity contribution in [3.8, 4) is 0 Å². The van der Waals surface area contributed by atoms with Gasteiger partial charge in [-0.25, -0.2) is 0 Å². The first-order chi connectivity index (χ1) is 11.0. The molecule has 1 aliphatic rings. The van der Waals surface area contributed by atoms with Crippen LogP contribution in [-0.2, 0) is 11.2 Å². The van der Waals surface area contributed by atoms with Crippen molar-refractivity contribution in [2.24, 2.45) is 0 Å². The molecule has 0 radical (unpaired) electrons. The largest absolute Gasteiger partial charge is 0.398 e. The molecule has 1 heterocycles. The third-order valence-corrected chi connectivity index (χ3v) is 4.38. The molecule has 120 valence electrons. The van der Waals surface area contributed by atoms with Crippen molar-refractivity contribution in [2.45, 2.75) is 26.7 Å². The highest BCUT2D eigenvalue weighted by molar-refractivity contribution is 5.95. The number of carbonyl (C=O) groups excluding carboxylic acids is 1. The van der Waals surface area contributed by atoms with Crippen molar-refractivity contribution in [3.05, 3.63) is 53.1 Å². The van der Waals surface area contributed by atoms with Gasteiger partial charge in [0.2, 0.25) is 5.91 Å². The first kappa shape index (κ1) is 15.4. The first-order valence-corrected chi connectivity index (χ1v) is 8.04. The number of hydrogen-bond acceptors (Lipinski definition) is 3. The maximum Gasteiger partial charge on any atom is 0.243 e. The maximum atomic E-state index is 12.5. The Labute approximate surface area is 137 Å². The Morgan fingerprint density at radius 1 is 1.26 bits per heavy atom. The molecular weight excluding hydrogens is 286 g/mol. The number of fused-ring (bicyclic) bond motifs is 1. The van der Waals surface area contributed by atoms with E-state index in [1.807, 2.05) is 38.1 Å². The summed E-state index contributed by atoms with van der Waals surface area (Å²) in [5.74, 6) is 0.00831. The number of nitrogens with one attached hydrogen (secondary N) is 1. The van der Waals surface area contributed by atoms with Gasteiger partial charge in [0.05, 0.1) is 6.54 Å². The van der Waals surface area contributed by atoms with E-state index in [2.05, 4.69) is 22.3 Å². The van der Waals surface area contributed by atoms with E-state index in [9.17, 15) is 4.79 Å². The first-order valence-electron chi connectivity index (χ1n) is 8.04. The van der Waals surface area contributed by atoms with Crippen LogP contribution in [0.15, 0.2) is 36.4 Å². The number of rotatable bonds is 3. The number of nitrogens with zero attached hydrogens (tertiary/aromatic N) is 1. The highest BCUT2D eigenvalue weighted by atomic mass is 16.2. The molecule has 3 N–H and O–H groups in total. The maximum absolute atomic E-state index is 12.5. The molecular formula is C19H23N3O. The van der Waals surface area contributed by atoms with Crippen molar-refractivity contribution in [3.63, 3.8) is 0 Å². The molecule has 0 fully saturated rings. The fourth-order valence-electron chi connectivity index (χ4n) is 3.13. The molecule has 4 heteroatoms. The fraction of sp³-hybridized carbons (Fsp3) is 0.316. The highest BCUT2D eigenvalue weighted by Gasteiger charge is 2.20. The van der Waals surface area contributed by atoms with E-state index in [1.165, 1.54) is 5.56 Å². The van der Waals surface area contributed by atoms with Crippen molar-refractivity contribution < 1.29 is 4.79 Å². The molecule has 1 amide bonds. The van der Waals surface area contributed by atoms with Gasteiger partial charge in [0.15, 0.2) is 0 Å². The minimum atomic E-state index is 0.00831. The van der Waals surface area contributed by atoms with Crippen LogP contribution in [0.2, 0.25) is 0 Å². The standard InChI is InChI=1S/C19H23N3O/c1-13-8-9-14(2)17(11-13)21-19(23)12-22-10-4-5-15-16(20)6-3-7-18(15)22/h3,6-9,11H,4-5,10,12,20H2,1-2H3,(H,21,23). The third kappa shape index (κ3) is 3.31. The summed E-state index contributed by atoms with van der Waals surface area (Å²) in [6.45, 7) is 5.27. The zero-order chi connectivity index (χ0) is 16.4. The van der Waals surface area contributed by atoms with E-state index >= 15 is 0 Å². The lowest BCUT2D eigenvalue weighted by Gasteiger charge is -2.31. The molecule has 0 bridgehead atoms. The molecule has 0 aromatic heterocycles. The Hall–Kier alpha value is -2.49. The van der Waals surface area contributed by atoms with Crippen molar-refractivity contribution in [2.75, 3.05) is 29.0 Å². The lowest BCUT2D eigenvalue weighted by atomic mass is 10.00. The van der Waals surface area contributed by atoms with Gasteiger partial charge in [-0.3, -0.25) is 4.79 Å². The SMILES string of the molecule is Cc1ccc(C)c(NC(=O)CN2CCCc3c(N)cccc32)c1. The average Bonchev–Trinajstić information content (AvgIpc) is 2.52. The van der Waals surface area contributed by atoms with Crippen LogP contribution >= 0.6 is 0 Å². The highest BCUT2D eigenvalue weighted by Crippen LogP contribution is 2.31. The van der Waals surface area contributed by atoms with Crippen LogP contribution in [0.25, 0.3) is 0 Å². The van der Waals surface area contributed by atoms with E-state index in [-0.39, 0.29) is 5.91 Å². The van der Waals surface area contributed by atoms with E-state index in [0.29, 0.717) is 6.54 Å². The molecule has 2 aromatic carbocycles. The number of nitrogens with two attached hydrogens (primary N) is 1. The van der Waals surface area contributed by atoms with E-state index < -0.39 is 0 Å². The molecule has 0 unspecified atom stereocenters. The van der Waals surface area contributed by atoms with Gasteiger partial charge in [-0.2, -0.15) is 0 Å². The quantitative estimate of drug-likeness (QED) is 0.856. The fourth-order valence-corrected chi connectivity index (χ4v) is 3.13. The summed E-state index contributed by atoms with van der Waals surface area (Å²) in [5.41, 5.74) is 12.2. The monoisotopic (exact) mass is 309 g/mol. The zero-order valence-electron chi connectivity index (χ0n) is 13.7. The molecule has 4 nitrogen and oxygen atoms in total. The molecule has 23 heavy (non-hydrogen) atoms. The summed E-state index contributed by atoms with van der Waals surface area (Å²) in [7, 11) is 0. The zero-order valence-corrected chi connectivity index (χ0v) is 13.7. The third-order valence-electron chi connectivity index (χ3n) is 4.38. The second kappa shape index (κ2) is 6.32. The van der Waals surface area contributed by atoms with Crippen LogP contribution in [-0.4, -0.2) is 19.0 Å². The van der Waals surface area contributed by atoms with Crippen LogP contribution in [0.1, 0.15) is 23.1 Å². The van der Waals surface area contributed by atoms with Crippen LogP contribution in [0.5, 0.6) is 0 Å². The van der Waals surface area contributed by atoms with Crippen LogP contribution in [0.3, 0.4) is 0 Å². The molecule has 1 aliphatic heterocycles. The van der Waals surface area contributed by atoms with Crippen LogP contribution < -0.4 is 16.0 Å². The summed E-state index contributed by atoms with van der Waals surface area (Å²) < 4.78 is 0.